The van der Waals surface area contributed by atoms with Gasteiger partial charge in [0.2, 0.25) is 11.6 Å². The molecule has 0 atom stereocenters. The molecule has 0 aliphatic carbocycles. The Kier molecular flexibility index (Phi) is 6.00. The van der Waals surface area contributed by atoms with E-state index in [1.807, 2.05) is 0 Å². The summed E-state index contributed by atoms with van der Waals surface area (Å²) >= 11 is 5.86. The van der Waals surface area contributed by atoms with Crippen LogP contribution in [0.15, 0.2) is 40.9 Å². The second kappa shape index (κ2) is 8.62. The SMILES string of the molecule is COc1cc(C(=O)OCc2nc(-c3ccc(Cl)cc3)no2)cc(OC)c1OC. The molecule has 2 aromatic carbocycles. The van der Waals surface area contributed by atoms with Crippen LogP contribution in [0.25, 0.3) is 11.4 Å². The number of methoxy groups -OCH3 is 3. The third kappa shape index (κ3) is 4.17. The normalized spacial score (nSPS) is 10.4. The minimum atomic E-state index is -0.606. The first-order valence-electron chi connectivity index (χ1n) is 8.11. The van der Waals surface area contributed by atoms with E-state index in [1.54, 1.807) is 24.3 Å². The van der Waals surface area contributed by atoms with Gasteiger partial charge in [-0.05, 0) is 36.4 Å². The number of nitrogens with zero attached hydrogens (tertiary/aromatic N) is 2. The molecule has 0 radical (unpaired) electrons. The predicted molar refractivity (Wildman–Crippen MR) is 100.0 cm³/mol. The van der Waals surface area contributed by atoms with Crippen LogP contribution in [0.4, 0.5) is 0 Å². The van der Waals surface area contributed by atoms with E-state index in [-0.39, 0.29) is 18.1 Å². The molecule has 9 heteroatoms. The average Bonchev–Trinajstić information content (AvgIpc) is 3.20. The number of ether oxygens (including phenoxy) is 4. The number of benzene rings is 2. The van der Waals surface area contributed by atoms with Crippen LogP contribution in [0, 0.1) is 0 Å². The Morgan fingerprint density at radius 3 is 2.25 bits per heavy atom. The van der Waals surface area contributed by atoms with Crippen molar-refractivity contribution >= 4 is 17.6 Å². The van der Waals surface area contributed by atoms with Crippen molar-refractivity contribution in [3.8, 4) is 28.6 Å². The number of aromatic nitrogens is 2. The molecule has 0 unspecified atom stereocenters. The Morgan fingerprint density at radius 2 is 1.68 bits per heavy atom. The van der Waals surface area contributed by atoms with Gasteiger partial charge < -0.3 is 23.5 Å². The van der Waals surface area contributed by atoms with Crippen LogP contribution >= 0.6 is 11.6 Å². The van der Waals surface area contributed by atoms with E-state index in [2.05, 4.69) is 10.1 Å². The van der Waals surface area contributed by atoms with E-state index in [9.17, 15) is 4.79 Å². The second-order valence-electron chi connectivity index (χ2n) is 5.51. The van der Waals surface area contributed by atoms with Crippen LogP contribution in [-0.4, -0.2) is 37.4 Å². The highest BCUT2D eigenvalue weighted by atomic mass is 35.5. The summed E-state index contributed by atoms with van der Waals surface area (Å²) in [5, 5.41) is 4.47. The van der Waals surface area contributed by atoms with E-state index in [1.165, 1.54) is 33.5 Å². The van der Waals surface area contributed by atoms with Crippen LogP contribution in [-0.2, 0) is 11.3 Å². The van der Waals surface area contributed by atoms with Gasteiger partial charge in [-0.2, -0.15) is 4.98 Å². The fraction of sp³-hybridized carbons (Fsp3) is 0.211. The van der Waals surface area contributed by atoms with Crippen molar-refractivity contribution in [3.05, 3.63) is 52.9 Å². The van der Waals surface area contributed by atoms with E-state index >= 15 is 0 Å². The largest absolute Gasteiger partial charge is 0.493 e. The van der Waals surface area contributed by atoms with Crippen molar-refractivity contribution in [1.82, 2.24) is 10.1 Å². The first-order chi connectivity index (χ1) is 13.5. The van der Waals surface area contributed by atoms with Gasteiger partial charge >= 0.3 is 5.97 Å². The molecule has 1 heterocycles. The van der Waals surface area contributed by atoms with Gasteiger partial charge in [0, 0.05) is 10.6 Å². The minimum absolute atomic E-state index is 0.158. The molecular weight excluding hydrogens is 388 g/mol. The summed E-state index contributed by atoms with van der Waals surface area (Å²) in [7, 11) is 4.40. The highest BCUT2D eigenvalue weighted by Gasteiger charge is 2.19. The van der Waals surface area contributed by atoms with E-state index in [0.29, 0.717) is 28.1 Å². The Morgan fingerprint density at radius 1 is 1.04 bits per heavy atom. The summed E-state index contributed by atoms with van der Waals surface area (Å²) in [6.07, 6.45) is 0. The van der Waals surface area contributed by atoms with Crippen molar-refractivity contribution in [2.45, 2.75) is 6.61 Å². The maximum absolute atomic E-state index is 12.4. The van der Waals surface area contributed by atoms with Crippen molar-refractivity contribution < 1.29 is 28.3 Å². The van der Waals surface area contributed by atoms with E-state index in [0.717, 1.165) is 5.56 Å². The maximum atomic E-state index is 12.4. The average molecular weight is 405 g/mol. The first kappa shape index (κ1) is 19.5. The van der Waals surface area contributed by atoms with Gasteiger partial charge in [-0.3, -0.25) is 0 Å². The third-order valence-corrected chi connectivity index (χ3v) is 4.05. The van der Waals surface area contributed by atoms with Gasteiger partial charge in [-0.1, -0.05) is 16.8 Å². The zero-order valence-corrected chi connectivity index (χ0v) is 16.1. The quantitative estimate of drug-likeness (QED) is 0.549. The number of rotatable bonds is 7. The molecule has 146 valence electrons. The topological polar surface area (TPSA) is 92.9 Å². The van der Waals surface area contributed by atoms with Gasteiger partial charge in [0.15, 0.2) is 18.1 Å². The number of carbonyl (C=O) groups excluding carboxylic acids is 1. The second-order valence-corrected chi connectivity index (χ2v) is 5.95. The minimum Gasteiger partial charge on any atom is -0.493 e. The van der Waals surface area contributed by atoms with Crippen LogP contribution in [0.1, 0.15) is 16.2 Å². The van der Waals surface area contributed by atoms with Crippen LogP contribution in [0.3, 0.4) is 0 Å². The molecule has 0 fully saturated rings. The van der Waals surface area contributed by atoms with Gasteiger partial charge in [0.1, 0.15) is 0 Å². The van der Waals surface area contributed by atoms with Crippen LogP contribution in [0.2, 0.25) is 5.02 Å². The molecule has 0 aliphatic heterocycles. The molecule has 0 bridgehead atoms. The van der Waals surface area contributed by atoms with Crippen molar-refractivity contribution in [2.75, 3.05) is 21.3 Å². The first-order valence-corrected chi connectivity index (χ1v) is 8.49. The monoisotopic (exact) mass is 404 g/mol. The number of hydrogen-bond acceptors (Lipinski definition) is 8. The summed E-state index contributed by atoms with van der Waals surface area (Å²) in [6.45, 7) is -0.184. The molecule has 0 amide bonds. The van der Waals surface area contributed by atoms with Crippen LogP contribution in [0.5, 0.6) is 17.2 Å². The van der Waals surface area contributed by atoms with Gasteiger partial charge in [0.25, 0.3) is 5.89 Å². The van der Waals surface area contributed by atoms with Gasteiger partial charge in [-0.25, -0.2) is 4.79 Å². The van der Waals surface area contributed by atoms with Crippen molar-refractivity contribution in [3.63, 3.8) is 0 Å². The lowest BCUT2D eigenvalue weighted by atomic mass is 10.2. The lowest BCUT2D eigenvalue weighted by Crippen LogP contribution is -2.07. The van der Waals surface area contributed by atoms with Crippen molar-refractivity contribution in [2.24, 2.45) is 0 Å². The number of carbonyl (C=O) groups is 1. The zero-order valence-electron chi connectivity index (χ0n) is 15.4. The Labute approximate surface area is 165 Å². The lowest BCUT2D eigenvalue weighted by Gasteiger charge is -2.13. The molecule has 3 aromatic rings. The predicted octanol–water partition coefficient (Wildman–Crippen LogP) is 3.77. The van der Waals surface area contributed by atoms with Crippen LogP contribution < -0.4 is 14.2 Å². The molecule has 0 spiro atoms. The number of esters is 1. The Bertz CT molecular complexity index is 946. The summed E-state index contributed by atoms with van der Waals surface area (Å²) in [5.74, 6) is 0.992. The molecule has 28 heavy (non-hydrogen) atoms. The third-order valence-electron chi connectivity index (χ3n) is 3.80. The molecule has 8 nitrogen and oxygen atoms in total. The number of halogens is 1. The highest BCUT2D eigenvalue weighted by Crippen LogP contribution is 2.38. The molecule has 1 aromatic heterocycles. The maximum Gasteiger partial charge on any atom is 0.338 e. The van der Waals surface area contributed by atoms with Gasteiger partial charge in [-0.15, -0.1) is 0 Å². The molecule has 0 aliphatic rings. The number of hydrogen-bond donors (Lipinski definition) is 0. The summed E-state index contributed by atoms with van der Waals surface area (Å²) < 4.78 is 26.1. The molecule has 0 N–H and O–H groups in total. The summed E-state index contributed by atoms with van der Waals surface area (Å²) in [4.78, 5) is 16.6. The fourth-order valence-corrected chi connectivity index (χ4v) is 2.57. The summed E-state index contributed by atoms with van der Waals surface area (Å²) in [5.41, 5.74) is 0.960. The van der Waals surface area contributed by atoms with E-state index < -0.39 is 5.97 Å². The Hall–Kier alpha value is -3.26. The lowest BCUT2D eigenvalue weighted by molar-refractivity contribution is 0.0429. The van der Waals surface area contributed by atoms with Crippen molar-refractivity contribution in [1.29, 1.82) is 0 Å². The fourth-order valence-electron chi connectivity index (χ4n) is 2.44. The molecule has 0 saturated carbocycles. The summed E-state index contributed by atoms with van der Waals surface area (Å²) in [6, 6.07) is 9.96. The molecule has 3 rings (SSSR count). The molecular formula is C19H17ClN2O6. The van der Waals surface area contributed by atoms with Gasteiger partial charge in [0.05, 0.1) is 26.9 Å². The molecule has 0 saturated heterocycles. The zero-order chi connectivity index (χ0) is 20.1. The smallest absolute Gasteiger partial charge is 0.338 e. The standard InChI is InChI=1S/C19H17ClN2O6/c1-24-14-8-12(9-15(25-2)17(14)26-3)19(23)27-10-16-21-18(22-28-16)11-4-6-13(20)7-5-11/h4-9H,10H2,1-3H3. The van der Waals surface area contributed by atoms with E-state index in [4.69, 9.17) is 35.1 Å². The highest BCUT2D eigenvalue weighted by molar-refractivity contribution is 6.30. The Balaban J connectivity index is 1.71.